The van der Waals surface area contributed by atoms with Crippen LogP contribution in [-0.4, -0.2) is 50.8 Å². The molecule has 2 aromatic rings. The van der Waals surface area contributed by atoms with Gasteiger partial charge in [0.25, 0.3) is 0 Å². The number of methoxy groups -OCH3 is 1. The van der Waals surface area contributed by atoms with Crippen LogP contribution in [0.4, 0.5) is 5.82 Å². The molecule has 0 bridgehead atoms. The summed E-state index contributed by atoms with van der Waals surface area (Å²) in [6, 6.07) is 12.2. The number of rotatable bonds is 6. The third-order valence-electron chi connectivity index (χ3n) is 4.63. The summed E-state index contributed by atoms with van der Waals surface area (Å²) < 4.78 is 5.27. The standard InChI is InChI=1S/C20H26ClN5O.HI/c1-22-20(24-11-8-15-5-3-6-17(13-15)27-2)25-16-9-12-26(14-16)19-18(21)7-4-10-23-19;/h3-7,10,13,16H,8-9,11-12,14H2,1-2H3,(H2,22,24,25);1H. The van der Waals surface area contributed by atoms with Gasteiger partial charge in [-0.15, -0.1) is 24.0 Å². The molecule has 152 valence electrons. The molecule has 1 unspecified atom stereocenters. The zero-order valence-corrected chi connectivity index (χ0v) is 19.3. The second-order valence-corrected chi connectivity index (χ2v) is 6.89. The largest absolute Gasteiger partial charge is 0.497 e. The zero-order chi connectivity index (χ0) is 19.1. The van der Waals surface area contributed by atoms with Crippen LogP contribution in [0.25, 0.3) is 0 Å². The van der Waals surface area contributed by atoms with E-state index in [1.807, 2.05) is 24.3 Å². The van der Waals surface area contributed by atoms with Gasteiger partial charge < -0.3 is 20.3 Å². The quantitative estimate of drug-likeness (QED) is 0.351. The minimum atomic E-state index is 0. The van der Waals surface area contributed by atoms with Crippen molar-refractivity contribution in [2.75, 3.05) is 38.7 Å². The number of aliphatic imine (C=N–C) groups is 1. The highest BCUT2D eigenvalue weighted by Gasteiger charge is 2.25. The predicted octanol–water partition coefficient (Wildman–Crippen LogP) is 3.35. The van der Waals surface area contributed by atoms with E-state index in [0.717, 1.165) is 50.0 Å². The molecule has 1 aromatic carbocycles. The molecule has 1 fully saturated rings. The van der Waals surface area contributed by atoms with Crippen LogP contribution in [0, 0.1) is 0 Å². The van der Waals surface area contributed by atoms with Crippen LogP contribution in [0.15, 0.2) is 47.6 Å². The lowest BCUT2D eigenvalue weighted by atomic mass is 10.1. The van der Waals surface area contributed by atoms with Gasteiger partial charge in [0.1, 0.15) is 11.6 Å². The van der Waals surface area contributed by atoms with Gasteiger partial charge in [-0.05, 0) is 42.7 Å². The van der Waals surface area contributed by atoms with Gasteiger partial charge in [0, 0.05) is 38.9 Å². The molecule has 6 nitrogen and oxygen atoms in total. The fourth-order valence-corrected chi connectivity index (χ4v) is 3.46. The molecule has 1 aliphatic heterocycles. The molecule has 0 saturated carbocycles. The number of nitrogens with zero attached hydrogens (tertiary/aromatic N) is 3. The van der Waals surface area contributed by atoms with Gasteiger partial charge in [-0.25, -0.2) is 4.98 Å². The van der Waals surface area contributed by atoms with Gasteiger partial charge in [-0.2, -0.15) is 0 Å². The second-order valence-electron chi connectivity index (χ2n) is 6.49. The minimum Gasteiger partial charge on any atom is -0.497 e. The molecule has 1 aromatic heterocycles. The monoisotopic (exact) mass is 515 g/mol. The third-order valence-corrected chi connectivity index (χ3v) is 4.93. The van der Waals surface area contributed by atoms with E-state index in [2.05, 4.69) is 37.6 Å². The molecule has 1 aliphatic rings. The maximum atomic E-state index is 6.26. The number of hydrogen-bond donors (Lipinski definition) is 2. The zero-order valence-electron chi connectivity index (χ0n) is 16.2. The average molecular weight is 516 g/mol. The van der Waals surface area contributed by atoms with E-state index in [-0.39, 0.29) is 24.0 Å². The molecule has 1 atom stereocenters. The summed E-state index contributed by atoms with van der Waals surface area (Å²) in [6.45, 7) is 2.58. The molecule has 8 heteroatoms. The van der Waals surface area contributed by atoms with Crippen LogP contribution >= 0.6 is 35.6 Å². The average Bonchev–Trinajstić information content (AvgIpc) is 3.16. The van der Waals surface area contributed by atoms with E-state index in [9.17, 15) is 0 Å². The van der Waals surface area contributed by atoms with Crippen molar-refractivity contribution in [1.82, 2.24) is 15.6 Å². The summed E-state index contributed by atoms with van der Waals surface area (Å²) in [5, 5.41) is 7.57. The van der Waals surface area contributed by atoms with E-state index in [1.54, 1.807) is 20.4 Å². The Morgan fingerprint density at radius 3 is 2.96 bits per heavy atom. The lowest BCUT2D eigenvalue weighted by Crippen LogP contribution is -2.45. The lowest BCUT2D eigenvalue weighted by molar-refractivity contribution is 0.414. The Kier molecular flexibility index (Phi) is 9.11. The number of benzene rings is 1. The number of anilines is 1. The molecule has 2 N–H and O–H groups in total. The Bertz CT molecular complexity index is 789. The number of pyridine rings is 1. The molecular weight excluding hydrogens is 489 g/mol. The van der Waals surface area contributed by atoms with Gasteiger partial charge in [0.05, 0.1) is 12.1 Å². The highest BCUT2D eigenvalue weighted by atomic mass is 127. The lowest BCUT2D eigenvalue weighted by Gasteiger charge is -2.20. The molecule has 2 heterocycles. The van der Waals surface area contributed by atoms with E-state index < -0.39 is 0 Å². The number of halogens is 2. The second kappa shape index (κ2) is 11.3. The number of nitrogens with one attached hydrogen (secondary N) is 2. The van der Waals surface area contributed by atoms with Gasteiger partial charge >= 0.3 is 0 Å². The van der Waals surface area contributed by atoms with E-state index >= 15 is 0 Å². The van der Waals surface area contributed by atoms with E-state index in [1.165, 1.54) is 5.56 Å². The van der Waals surface area contributed by atoms with Gasteiger partial charge in [-0.3, -0.25) is 4.99 Å². The molecule has 1 saturated heterocycles. The van der Waals surface area contributed by atoms with Crippen molar-refractivity contribution in [2.24, 2.45) is 4.99 Å². The summed E-state index contributed by atoms with van der Waals surface area (Å²) in [5.74, 6) is 2.55. The molecule has 28 heavy (non-hydrogen) atoms. The van der Waals surface area contributed by atoms with Crippen LogP contribution in [0.3, 0.4) is 0 Å². The van der Waals surface area contributed by atoms with Crippen molar-refractivity contribution < 1.29 is 4.74 Å². The number of ether oxygens (including phenoxy) is 1. The van der Waals surface area contributed by atoms with Crippen LogP contribution in [0.1, 0.15) is 12.0 Å². The molecule has 0 amide bonds. The Morgan fingerprint density at radius 2 is 2.21 bits per heavy atom. The fraction of sp³-hybridized carbons (Fsp3) is 0.400. The Hall–Kier alpha value is -1.74. The highest BCUT2D eigenvalue weighted by molar-refractivity contribution is 14.0. The number of guanidine groups is 1. The van der Waals surface area contributed by atoms with E-state index in [0.29, 0.717) is 11.1 Å². The highest BCUT2D eigenvalue weighted by Crippen LogP contribution is 2.25. The van der Waals surface area contributed by atoms with E-state index in [4.69, 9.17) is 16.3 Å². The maximum absolute atomic E-state index is 6.26. The van der Waals surface area contributed by atoms with Gasteiger partial charge in [-0.1, -0.05) is 23.7 Å². The summed E-state index contributed by atoms with van der Waals surface area (Å²) in [4.78, 5) is 11.0. The molecule has 3 rings (SSSR count). The predicted molar refractivity (Wildman–Crippen MR) is 126 cm³/mol. The smallest absolute Gasteiger partial charge is 0.191 e. The van der Waals surface area contributed by atoms with Crippen LogP contribution < -0.4 is 20.3 Å². The molecule has 0 radical (unpaired) electrons. The number of aromatic nitrogens is 1. The topological polar surface area (TPSA) is 61.8 Å². The van der Waals surface area contributed by atoms with Crippen molar-refractivity contribution in [3.63, 3.8) is 0 Å². The summed E-state index contributed by atoms with van der Waals surface area (Å²) in [5.41, 5.74) is 1.23. The SMILES string of the molecule is CN=C(NCCc1cccc(OC)c1)NC1CCN(c2ncccc2Cl)C1.I. The first-order chi connectivity index (χ1) is 13.2. The Labute approximate surface area is 188 Å². The van der Waals surface area contributed by atoms with Crippen molar-refractivity contribution in [2.45, 2.75) is 18.9 Å². The third kappa shape index (κ3) is 6.13. The van der Waals surface area contributed by atoms with Gasteiger partial charge in [0.15, 0.2) is 5.96 Å². The summed E-state index contributed by atoms with van der Waals surface area (Å²) in [7, 11) is 3.48. The summed E-state index contributed by atoms with van der Waals surface area (Å²) in [6.07, 6.45) is 3.70. The van der Waals surface area contributed by atoms with Gasteiger partial charge in [0.2, 0.25) is 0 Å². The normalized spacial score (nSPS) is 16.5. The van der Waals surface area contributed by atoms with Crippen molar-refractivity contribution in [3.8, 4) is 5.75 Å². The first kappa shape index (κ1) is 22.5. The van der Waals surface area contributed by atoms with Crippen molar-refractivity contribution >= 4 is 47.4 Å². The molecule has 0 spiro atoms. The minimum absolute atomic E-state index is 0. The van der Waals surface area contributed by atoms with Crippen molar-refractivity contribution in [1.29, 1.82) is 0 Å². The van der Waals surface area contributed by atoms with Crippen LogP contribution in [0.2, 0.25) is 5.02 Å². The first-order valence-corrected chi connectivity index (χ1v) is 9.53. The Balaban J connectivity index is 0.00000280. The Morgan fingerprint density at radius 1 is 1.36 bits per heavy atom. The fourth-order valence-electron chi connectivity index (χ4n) is 3.22. The first-order valence-electron chi connectivity index (χ1n) is 9.15. The molecule has 0 aliphatic carbocycles. The number of hydrogen-bond acceptors (Lipinski definition) is 4. The summed E-state index contributed by atoms with van der Waals surface area (Å²) >= 11 is 6.26. The molecular formula is C20H27ClIN5O. The van der Waals surface area contributed by atoms with Crippen molar-refractivity contribution in [3.05, 3.63) is 53.2 Å². The van der Waals surface area contributed by atoms with Crippen LogP contribution in [-0.2, 0) is 6.42 Å². The van der Waals surface area contributed by atoms with Crippen LogP contribution in [0.5, 0.6) is 5.75 Å². The maximum Gasteiger partial charge on any atom is 0.191 e.